The topological polar surface area (TPSA) is 35.0 Å². The molecule has 0 radical (unpaired) electrons. The van der Waals surface area contributed by atoms with Gasteiger partial charge in [0, 0.05) is 11.8 Å². The number of nitrogens with zero attached hydrogens (tertiary/aromatic N) is 2. The van der Waals surface area contributed by atoms with Crippen molar-refractivity contribution in [3.63, 3.8) is 0 Å². The predicted molar refractivity (Wildman–Crippen MR) is 70.9 cm³/mol. The maximum absolute atomic E-state index is 6.24. The summed E-state index contributed by atoms with van der Waals surface area (Å²) in [5.74, 6) is 0.759. The molecular weight excluding hydrogens is 248 g/mol. The van der Waals surface area contributed by atoms with Crippen molar-refractivity contribution in [2.24, 2.45) is 0 Å². The molecule has 18 heavy (non-hydrogen) atoms. The number of ether oxygens (including phenoxy) is 1. The van der Waals surface area contributed by atoms with Gasteiger partial charge in [-0.2, -0.15) is 0 Å². The lowest BCUT2D eigenvalue weighted by molar-refractivity contribution is 0.303. The lowest BCUT2D eigenvalue weighted by atomic mass is 10.1. The fourth-order valence-corrected chi connectivity index (χ4v) is 2.04. The highest BCUT2D eigenvalue weighted by Gasteiger charge is 2.24. The lowest BCUT2D eigenvalue weighted by Crippen LogP contribution is -1.97. The Morgan fingerprint density at radius 1 is 1.33 bits per heavy atom. The van der Waals surface area contributed by atoms with E-state index in [1.54, 1.807) is 12.5 Å². The van der Waals surface area contributed by atoms with Crippen LogP contribution in [-0.2, 0) is 0 Å². The van der Waals surface area contributed by atoms with Gasteiger partial charge in [-0.3, -0.25) is 0 Å². The zero-order chi connectivity index (χ0) is 12.5. The SMILES string of the molecule is Cc1cncnc1-c1ccc(OC2CC2)c(Cl)c1. The van der Waals surface area contributed by atoms with Gasteiger partial charge in [0.15, 0.2) is 0 Å². The maximum atomic E-state index is 6.24. The molecule has 3 rings (SSSR count). The Balaban J connectivity index is 1.94. The van der Waals surface area contributed by atoms with E-state index in [0.29, 0.717) is 11.1 Å². The molecule has 0 unspecified atom stereocenters. The van der Waals surface area contributed by atoms with Crippen LogP contribution in [0, 0.1) is 6.92 Å². The molecule has 0 N–H and O–H groups in total. The highest BCUT2D eigenvalue weighted by molar-refractivity contribution is 6.32. The highest BCUT2D eigenvalue weighted by Crippen LogP contribution is 2.34. The van der Waals surface area contributed by atoms with Gasteiger partial charge in [-0.1, -0.05) is 11.6 Å². The maximum Gasteiger partial charge on any atom is 0.138 e. The first kappa shape index (κ1) is 11.5. The Labute approximate surface area is 111 Å². The van der Waals surface area contributed by atoms with Crippen LogP contribution in [0.25, 0.3) is 11.3 Å². The van der Waals surface area contributed by atoms with Crippen LogP contribution in [0.5, 0.6) is 5.75 Å². The number of rotatable bonds is 3. The standard InChI is InChI=1S/C14H13ClN2O/c1-9-7-16-8-17-14(9)10-2-5-13(12(15)6-10)18-11-3-4-11/h2,5-8,11H,3-4H2,1H3. The number of halogens is 1. The quantitative estimate of drug-likeness (QED) is 0.845. The van der Waals surface area contributed by atoms with E-state index < -0.39 is 0 Å². The number of aryl methyl sites for hydroxylation is 1. The molecule has 92 valence electrons. The van der Waals surface area contributed by atoms with Crippen molar-refractivity contribution in [1.29, 1.82) is 0 Å². The van der Waals surface area contributed by atoms with E-state index in [9.17, 15) is 0 Å². The van der Waals surface area contributed by atoms with Gasteiger partial charge in [0.1, 0.15) is 12.1 Å². The van der Waals surface area contributed by atoms with Crippen LogP contribution in [0.15, 0.2) is 30.7 Å². The average Bonchev–Trinajstić information content (AvgIpc) is 3.16. The van der Waals surface area contributed by atoms with Crippen LogP contribution in [-0.4, -0.2) is 16.1 Å². The van der Waals surface area contributed by atoms with Crippen molar-refractivity contribution in [1.82, 2.24) is 9.97 Å². The van der Waals surface area contributed by atoms with Gasteiger partial charge >= 0.3 is 0 Å². The van der Waals surface area contributed by atoms with E-state index >= 15 is 0 Å². The third-order valence-electron chi connectivity index (χ3n) is 2.92. The molecule has 1 aliphatic rings. The van der Waals surface area contributed by atoms with Gasteiger partial charge in [-0.15, -0.1) is 0 Å². The second kappa shape index (κ2) is 4.58. The number of benzene rings is 1. The normalized spacial score (nSPS) is 14.6. The Hall–Kier alpha value is -1.61. The van der Waals surface area contributed by atoms with E-state index in [2.05, 4.69) is 9.97 Å². The highest BCUT2D eigenvalue weighted by atomic mass is 35.5. The van der Waals surface area contributed by atoms with Gasteiger partial charge in [0.05, 0.1) is 16.8 Å². The smallest absolute Gasteiger partial charge is 0.138 e. The summed E-state index contributed by atoms with van der Waals surface area (Å²) in [4.78, 5) is 8.27. The second-order valence-corrected chi connectivity index (χ2v) is 4.92. The monoisotopic (exact) mass is 260 g/mol. The molecule has 0 atom stereocenters. The van der Waals surface area contributed by atoms with E-state index in [1.807, 2.05) is 25.1 Å². The Bertz CT molecular complexity index is 582. The minimum atomic E-state index is 0.356. The molecule has 2 aromatic rings. The van der Waals surface area contributed by atoms with Gasteiger partial charge in [0.2, 0.25) is 0 Å². The van der Waals surface area contributed by atoms with E-state index in [4.69, 9.17) is 16.3 Å². The zero-order valence-electron chi connectivity index (χ0n) is 10.1. The Morgan fingerprint density at radius 2 is 2.17 bits per heavy atom. The summed E-state index contributed by atoms with van der Waals surface area (Å²) >= 11 is 6.24. The van der Waals surface area contributed by atoms with Crippen molar-refractivity contribution in [3.05, 3.63) is 41.3 Å². The summed E-state index contributed by atoms with van der Waals surface area (Å²) in [6.45, 7) is 1.98. The summed E-state index contributed by atoms with van der Waals surface area (Å²) in [6.07, 6.45) is 5.95. The van der Waals surface area contributed by atoms with Crippen LogP contribution < -0.4 is 4.74 Å². The molecule has 0 aliphatic heterocycles. The number of hydrogen-bond acceptors (Lipinski definition) is 3. The van der Waals surface area contributed by atoms with Crippen molar-refractivity contribution in [2.45, 2.75) is 25.9 Å². The summed E-state index contributed by atoms with van der Waals surface area (Å²) in [7, 11) is 0. The van der Waals surface area contributed by atoms with Gasteiger partial charge in [0.25, 0.3) is 0 Å². The number of aromatic nitrogens is 2. The van der Waals surface area contributed by atoms with Crippen LogP contribution in [0.1, 0.15) is 18.4 Å². The van der Waals surface area contributed by atoms with Crippen LogP contribution in [0.2, 0.25) is 5.02 Å². The summed E-state index contributed by atoms with van der Waals surface area (Å²) in [6, 6.07) is 5.80. The lowest BCUT2D eigenvalue weighted by Gasteiger charge is -2.09. The second-order valence-electron chi connectivity index (χ2n) is 4.52. The van der Waals surface area contributed by atoms with Crippen LogP contribution in [0.3, 0.4) is 0 Å². The summed E-state index contributed by atoms with van der Waals surface area (Å²) in [5.41, 5.74) is 2.93. The first-order valence-electron chi connectivity index (χ1n) is 5.97. The summed E-state index contributed by atoms with van der Waals surface area (Å²) < 4.78 is 5.71. The van der Waals surface area contributed by atoms with Crippen LogP contribution >= 0.6 is 11.6 Å². The zero-order valence-corrected chi connectivity index (χ0v) is 10.8. The Kier molecular flexibility index (Phi) is 2.92. The van der Waals surface area contributed by atoms with E-state index in [0.717, 1.165) is 35.4 Å². The van der Waals surface area contributed by atoms with Crippen molar-refractivity contribution < 1.29 is 4.74 Å². The molecule has 3 nitrogen and oxygen atoms in total. The average molecular weight is 261 g/mol. The first-order chi connectivity index (χ1) is 8.74. The number of hydrogen-bond donors (Lipinski definition) is 0. The van der Waals surface area contributed by atoms with E-state index in [1.165, 1.54) is 0 Å². The molecule has 1 saturated carbocycles. The molecule has 1 fully saturated rings. The first-order valence-corrected chi connectivity index (χ1v) is 6.35. The minimum absolute atomic E-state index is 0.356. The van der Waals surface area contributed by atoms with E-state index in [-0.39, 0.29) is 0 Å². The molecule has 1 heterocycles. The molecule has 0 spiro atoms. The largest absolute Gasteiger partial charge is 0.489 e. The molecule has 1 aliphatic carbocycles. The van der Waals surface area contributed by atoms with Crippen molar-refractivity contribution in [3.8, 4) is 17.0 Å². The third kappa shape index (κ3) is 2.31. The molecule has 1 aromatic heterocycles. The fourth-order valence-electron chi connectivity index (χ4n) is 1.81. The van der Waals surface area contributed by atoms with Crippen LogP contribution in [0.4, 0.5) is 0 Å². The Morgan fingerprint density at radius 3 is 2.83 bits per heavy atom. The minimum Gasteiger partial charge on any atom is -0.489 e. The van der Waals surface area contributed by atoms with Crippen molar-refractivity contribution >= 4 is 11.6 Å². The predicted octanol–water partition coefficient (Wildman–Crippen LogP) is 3.65. The van der Waals surface area contributed by atoms with Gasteiger partial charge < -0.3 is 4.74 Å². The summed E-state index contributed by atoms with van der Waals surface area (Å²) in [5, 5.41) is 0.636. The molecule has 0 bridgehead atoms. The van der Waals surface area contributed by atoms with Gasteiger partial charge in [-0.05, 0) is 43.5 Å². The molecule has 0 saturated heterocycles. The molecule has 4 heteroatoms. The van der Waals surface area contributed by atoms with Gasteiger partial charge in [-0.25, -0.2) is 9.97 Å². The molecular formula is C14H13ClN2O. The molecule has 0 amide bonds. The molecule has 1 aromatic carbocycles. The van der Waals surface area contributed by atoms with Crippen molar-refractivity contribution in [2.75, 3.05) is 0 Å². The fraction of sp³-hybridized carbons (Fsp3) is 0.286. The third-order valence-corrected chi connectivity index (χ3v) is 3.21.